The zero-order valence-corrected chi connectivity index (χ0v) is 18.2. The molecule has 0 radical (unpaired) electrons. The van der Waals surface area contributed by atoms with Crippen molar-refractivity contribution in [3.05, 3.63) is 0 Å². The Morgan fingerprint density at radius 2 is 1.85 bits per heavy atom. The third-order valence-electron chi connectivity index (χ3n) is 11.3. The average molecular weight is 375 g/mol. The monoisotopic (exact) mass is 374 g/mol. The third kappa shape index (κ3) is 2.11. The summed E-state index contributed by atoms with van der Waals surface area (Å²) in [5.41, 5.74) is 1.64. The average Bonchev–Trinajstić information content (AvgIpc) is 3.21. The van der Waals surface area contributed by atoms with Gasteiger partial charge in [-0.3, -0.25) is 0 Å². The smallest absolute Gasteiger partial charge is 0.0768 e. The summed E-state index contributed by atoms with van der Waals surface area (Å²) in [7, 11) is 2.05. The molecule has 5 aliphatic rings. The molecular formula is C25H42O2. The van der Waals surface area contributed by atoms with Crippen molar-refractivity contribution in [2.75, 3.05) is 7.11 Å². The van der Waals surface area contributed by atoms with E-state index in [1.54, 1.807) is 0 Å². The van der Waals surface area contributed by atoms with Gasteiger partial charge in [0.2, 0.25) is 0 Å². The number of methoxy groups -OCH3 is 1. The van der Waals surface area contributed by atoms with Crippen LogP contribution in [0.1, 0.15) is 97.8 Å². The topological polar surface area (TPSA) is 29.5 Å². The van der Waals surface area contributed by atoms with E-state index in [2.05, 4.69) is 27.9 Å². The fourth-order valence-electron chi connectivity index (χ4n) is 10.2. The van der Waals surface area contributed by atoms with E-state index >= 15 is 0 Å². The molecule has 154 valence electrons. The van der Waals surface area contributed by atoms with E-state index in [1.807, 2.05) is 0 Å². The molecule has 5 rings (SSSR count). The van der Waals surface area contributed by atoms with Gasteiger partial charge in [-0.15, -0.1) is 0 Å². The molecule has 0 heterocycles. The van der Waals surface area contributed by atoms with Gasteiger partial charge in [0.05, 0.1) is 11.7 Å². The van der Waals surface area contributed by atoms with Gasteiger partial charge in [0.15, 0.2) is 0 Å². The Morgan fingerprint density at radius 1 is 1.04 bits per heavy atom. The van der Waals surface area contributed by atoms with Crippen LogP contribution in [-0.2, 0) is 4.74 Å². The maximum absolute atomic E-state index is 10.3. The van der Waals surface area contributed by atoms with E-state index in [0.717, 1.165) is 36.5 Å². The number of ether oxygens (including phenoxy) is 1. The SMILES string of the molecule is CCC[C@@H](C)[C@H]1CC[C@]2(OC)[C@@H]3CCC4C[C@@H](O)CC[C@@]45C[C@@]35CC[C@]12C. The van der Waals surface area contributed by atoms with E-state index in [-0.39, 0.29) is 11.7 Å². The summed E-state index contributed by atoms with van der Waals surface area (Å²) in [6, 6.07) is 0. The molecule has 1 unspecified atom stereocenters. The largest absolute Gasteiger partial charge is 0.393 e. The molecule has 5 aliphatic carbocycles. The zero-order chi connectivity index (χ0) is 19.1. The molecule has 0 bridgehead atoms. The van der Waals surface area contributed by atoms with Gasteiger partial charge in [-0.1, -0.05) is 33.6 Å². The summed E-state index contributed by atoms with van der Waals surface area (Å²) < 4.78 is 6.67. The molecule has 2 nitrogen and oxygen atoms in total. The summed E-state index contributed by atoms with van der Waals surface area (Å²) in [6.07, 6.45) is 15.8. The molecule has 9 atom stereocenters. The van der Waals surface area contributed by atoms with Crippen LogP contribution in [0.5, 0.6) is 0 Å². The number of aliphatic hydroxyl groups is 1. The highest BCUT2D eigenvalue weighted by Crippen LogP contribution is 2.86. The lowest BCUT2D eigenvalue weighted by Crippen LogP contribution is -2.61. The van der Waals surface area contributed by atoms with E-state index in [1.165, 1.54) is 64.2 Å². The van der Waals surface area contributed by atoms with E-state index in [0.29, 0.717) is 16.2 Å². The Morgan fingerprint density at radius 3 is 2.59 bits per heavy atom. The molecule has 5 fully saturated rings. The van der Waals surface area contributed by atoms with Crippen LogP contribution >= 0.6 is 0 Å². The van der Waals surface area contributed by atoms with Gasteiger partial charge in [0.25, 0.3) is 0 Å². The van der Waals surface area contributed by atoms with Crippen LogP contribution in [0.25, 0.3) is 0 Å². The number of fused-ring (bicyclic) bond motifs is 2. The minimum atomic E-state index is -0.0224. The highest BCUT2D eigenvalue weighted by atomic mass is 16.5. The van der Waals surface area contributed by atoms with Crippen molar-refractivity contribution in [1.82, 2.24) is 0 Å². The molecular weight excluding hydrogens is 332 g/mol. The highest BCUT2D eigenvalue weighted by molar-refractivity contribution is 5.30. The van der Waals surface area contributed by atoms with E-state index in [9.17, 15) is 5.11 Å². The molecule has 0 saturated heterocycles. The van der Waals surface area contributed by atoms with E-state index in [4.69, 9.17) is 4.74 Å². The summed E-state index contributed by atoms with van der Waals surface area (Å²) >= 11 is 0. The molecule has 0 amide bonds. The minimum absolute atomic E-state index is 0.0224. The lowest BCUT2D eigenvalue weighted by Gasteiger charge is -2.61. The van der Waals surface area contributed by atoms with Gasteiger partial charge in [-0.25, -0.2) is 0 Å². The van der Waals surface area contributed by atoms with Crippen LogP contribution in [0.15, 0.2) is 0 Å². The summed E-state index contributed by atoms with van der Waals surface area (Å²) in [4.78, 5) is 0. The third-order valence-corrected chi connectivity index (χ3v) is 11.3. The van der Waals surface area contributed by atoms with Gasteiger partial charge in [0.1, 0.15) is 0 Å². The second-order valence-electron chi connectivity index (χ2n) is 11.7. The standard InChI is InChI=1S/C25H42O2/c1-5-6-17(2)20-10-12-25(27-4)21-8-7-18-15-19(26)9-11-23(18)16-24(21,23)14-13-22(20,25)3/h17-21,26H,5-16H2,1-4H3/t17-,18?,19+,20-,21-,22-,23-,24+,25+/m1/s1. The summed E-state index contributed by atoms with van der Waals surface area (Å²) in [5.74, 6) is 3.25. The number of rotatable bonds is 4. The fraction of sp³-hybridized carbons (Fsp3) is 1.00. The number of hydrogen-bond donors (Lipinski definition) is 1. The molecule has 0 aromatic heterocycles. The molecule has 2 spiro atoms. The summed E-state index contributed by atoms with van der Waals surface area (Å²) in [6.45, 7) is 7.49. The highest BCUT2D eigenvalue weighted by Gasteiger charge is 2.81. The first-order chi connectivity index (χ1) is 12.9. The van der Waals surface area contributed by atoms with Crippen LogP contribution in [-0.4, -0.2) is 23.9 Å². The van der Waals surface area contributed by atoms with Crippen LogP contribution < -0.4 is 0 Å². The predicted octanol–water partition coefficient (Wildman–Crippen LogP) is 5.97. The maximum atomic E-state index is 10.3. The molecule has 5 saturated carbocycles. The number of aliphatic hydroxyl groups excluding tert-OH is 1. The number of hydrogen-bond acceptors (Lipinski definition) is 2. The normalized spacial score (nSPS) is 57.2. The summed E-state index contributed by atoms with van der Waals surface area (Å²) in [5, 5.41) is 10.3. The predicted molar refractivity (Wildman–Crippen MR) is 109 cm³/mol. The first-order valence-corrected chi connectivity index (χ1v) is 12.1. The Kier molecular flexibility index (Phi) is 4.18. The van der Waals surface area contributed by atoms with Gasteiger partial charge >= 0.3 is 0 Å². The molecule has 2 heteroatoms. The second-order valence-corrected chi connectivity index (χ2v) is 11.7. The Hall–Kier alpha value is -0.0800. The lowest BCUT2D eigenvalue weighted by molar-refractivity contribution is -0.211. The molecule has 27 heavy (non-hydrogen) atoms. The maximum Gasteiger partial charge on any atom is 0.0768 e. The van der Waals surface area contributed by atoms with Gasteiger partial charge in [-0.05, 0) is 104 Å². The van der Waals surface area contributed by atoms with Crippen molar-refractivity contribution in [2.45, 2.75) is 110 Å². The van der Waals surface area contributed by atoms with Crippen molar-refractivity contribution in [1.29, 1.82) is 0 Å². The Labute approximate surface area is 166 Å². The van der Waals surface area contributed by atoms with Crippen molar-refractivity contribution in [2.24, 2.45) is 39.9 Å². The lowest BCUT2D eigenvalue weighted by atomic mass is 9.47. The molecule has 0 aliphatic heterocycles. The van der Waals surface area contributed by atoms with Crippen LogP contribution in [0.2, 0.25) is 0 Å². The van der Waals surface area contributed by atoms with Crippen molar-refractivity contribution < 1.29 is 9.84 Å². The molecule has 0 aromatic rings. The fourth-order valence-corrected chi connectivity index (χ4v) is 10.2. The quantitative estimate of drug-likeness (QED) is 0.657. The van der Waals surface area contributed by atoms with Crippen LogP contribution in [0.4, 0.5) is 0 Å². The van der Waals surface area contributed by atoms with Crippen molar-refractivity contribution in [3.63, 3.8) is 0 Å². The van der Waals surface area contributed by atoms with Crippen molar-refractivity contribution >= 4 is 0 Å². The molecule has 1 N–H and O–H groups in total. The molecule has 0 aromatic carbocycles. The minimum Gasteiger partial charge on any atom is -0.393 e. The van der Waals surface area contributed by atoms with Gasteiger partial charge < -0.3 is 9.84 Å². The van der Waals surface area contributed by atoms with Crippen LogP contribution in [0, 0.1) is 39.9 Å². The van der Waals surface area contributed by atoms with Gasteiger partial charge in [0, 0.05) is 7.11 Å². The Bertz CT molecular complexity index is 603. The van der Waals surface area contributed by atoms with Crippen molar-refractivity contribution in [3.8, 4) is 0 Å². The zero-order valence-electron chi connectivity index (χ0n) is 18.2. The first kappa shape index (κ1) is 18.9. The second kappa shape index (κ2) is 5.97. The van der Waals surface area contributed by atoms with E-state index < -0.39 is 0 Å². The van der Waals surface area contributed by atoms with Crippen LogP contribution in [0.3, 0.4) is 0 Å². The first-order valence-electron chi connectivity index (χ1n) is 12.1. The van der Waals surface area contributed by atoms with Gasteiger partial charge in [-0.2, -0.15) is 0 Å². The Balaban J connectivity index is 1.49.